The van der Waals surface area contributed by atoms with Gasteiger partial charge in [-0.2, -0.15) is 0 Å². The maximum absolute atomic E-state index is 4.41. The first kappa shape index (κ1) is 8.92. The summed E-state index contributed by atoms with van der Waals surface area (Å²) in [5, 5.41) is 3.54. The molecule has 0 unspecified atom stereocenters. The van der Waals surface area contributed by atoms with E-state index in [4.69, 9.17) is 0 Å². The zero-order valence-corrected chi connectivity index (χ0v) is 8.85. The highest BCUT2D eigenvalue weighted by Crippen LogP contribution is 2.26. The number of nitrogens with one attached hydrogen (secondary N) is 1. The molecule has 2 aromatic heterocycles. The summed E-state index contributed by atoms with van der Waals surface area (Å²) in [4.78, 5) is 4.41. The van der Waals surface area contributed by atoms with Gasteiger partial charge in [0.2, 0.25) is 0 Å². The Labute approximate surface area is 89.1 Å². The lowest BCUT2D eigenvalue weighted by Gasteiger charge is -2.09. The first-order valence-corrected chi connectivity index (χ1v) is 5.50. The van der Waals surface area contributed by atoms with E-state index in [-0.39, 0.29) is 0 Å². The molecule has 2 aromatic rings. The molecular weight excluding hydrogens is 186 g/mol. The molecule has 3 nitrogen and oxygen atoms in total. The van der Waals surface area contributed by atoms with Crippen LogP contribution in [0.4, 0.5) is 0 Å². The molecule has 1 N–H and O–H groups in total. The van der Waals surface area contributed by atoms with Gasteiger partial charge in [0.15, 0.2) is 0 Å². The van der Waals surface area contributed by atoms with E-state index in [0.717, 1.165) is 18.1 Å². The molecular formula is C12H15N3. The number of nitrogens with zero attached hydrogens (tertiary/aromatic N) is 2. The maximum atomic E-state index is 4.41. The third-order valence-electron chi connectivity index (χ3n) is 3.15. The first-order chi connectivity index (χ1) is 7.34. The van der Waals surface area contributed by atoms with Crippen LogP contribution in [0.5, 0.6) is 0 Å². The SMILES string of the molecule is C[C@H]1CN[C@@H](c2cnc3ccccn23)C1. The van der Waals surface area contributed by atoms with Gasteiger partial charge >= 0.3 is 0 Å². The number of imidazole rings is 1. The van der Waals surface area contributed by atoms with Gasteiger partial charge in [-0.25, -0.2) is 4.98 Å². The molecule has 0 aliphatic carbocycles. The average molecular weight is 201 g/mol. The number of hydrogen-bond acceptors (Lipinski definition) is 2. The van der Waals surface area contributed by atoms with Crippen LogP contribution in [0, 0.1) is 5.92 Å². The highest BCUT2D eigenvalue weighted by molar-refractivity contribution is 5.40. The first-order valence-electron chi connectivity index (χ1n) is 5.50. The number of pyridine rings is 1. The zero-order chi connectivity index (χ0) is 10.3. The van der Waals surface area contributed by atoms with Gasteiger partial charge in [-0.05, 0) is 31.0 Å². The van der Waals surface area contributed by atoms with Gasteiger partial charge in [0.25, 0.3) is 0 Å². The normalized spacial score (nSPS) is 26.2. The summed E-state index contributed by atoms with van der Waals surface area (Å²) in [5.74, 6) is 0.768. The summed E-state index contributed by atoms with van der Waals surface area (Å²) in [7, 11) is 0. The van der Waals surface area contributed by atoms with Crippen LogP contribution in [0.15, 0.2) is 30.6 Å². The van der Waals surface area contributed by atoms with Crippen molar-refractivity contribution in [1.29, 1.82) is 0 Å². The number of rotatable bonds is 1. The molecule has 0 aromatic carbocycles. The van der Waals surface area contributed by atoms with Gasteiger partial charge in [-0.15, -0.1) is 0 Å². The molecule has 1 aliphatic rings. The second kappa shape index (κ2) is 3.35. The Kier molecular flexibility index (Phi) is 1.99. The summed E-state index contributed by atoms with van der Waals surface area (Å²) >= 11 is 0. The Balaban J connectivity index is 2.04. The van der Waals surface area contributed by atoms with E-state index in [2.05, 4.69) is 33.9 Å². The van der Waals surface area contributed by atoms with Gasteiger partial charge in [0, 0.05) is 12.2 Å². The second-order valence-electron chi connectivity index (χ2n) is 4.41. The highest BCUT2D eigenvalue weighted by Gasteiger charge is 2.24. The minimum Gasteiger partial charge on any atom is -0.308 e. The zero-order valence-electron chi connectivity index (χ0n) is 8.85. The fourth-order valence-corrected chi connectivity index (χ4v) is 2.35. The lowest BCUT2D eigenvalue weighted by Crippen LogP contribution is -2.14. The minimum absolute atomic E-state index is 0.470. The minimum atomic E-state index is 0.470. The smallest absolute Gasteiger partial charge is 0.136 e. The molecule has 0 amide bonds. The van der Waals surface area contributed by atoms with E-state index in [1.807, 2.05) is 18.3 Å². The molecule has 1 fully saturated rings. The Morgan fingerprint density at radius 2 is 2.40 bits per heavy atom. The Hall–Kier alpha value is -1.35. The van der Waals surface area contributed by atoms with Gasteiger partial charge < -0.3 is 9.72 Å². The van der Waals surface area contributed by atoms with Gasteiger partial charge in [-0.1, -0.05) is 13.0 Å². The van der Waals surface area contributed by atoms with Crippen molar-refractivity contribution in [1.82, 2.24) is 14.7 Å². The Morgan fingerprint density at radius 1 is 1.47 bits per heavy atom. The van der Waals surface area contributed by atoms with E-state index < -0.39 is 0 Å². The molecule has 15 heavy (non-hydrogen) atoms. The van der Waals surface area contributed by atoms with Crippen LogP contribution in [0.3, 0.4) is 0 Å². The molecule has 3 heterocycles. The van der Waals surface area contributed by atoms with E-state index in [1.54, 1.807) is 0 Å². The van der Waals surface area contributed by atoms with Crippen LogP contribution in [-0.4, -0.2) is 15.9 Å². The molecule has 0 saturated carbocycles. The molecule has 78 valence electrons. The maximum Gasteiger partial charge on any atom is 0.136 e. The molecule has 0 bridgehead atoms. The third-order valence-corrected chi connectivity index (χ3v) is 3.15. The van der Waals surface area contributed by atoms with E-state index in [9.17, 15) is 0 Å². The third kappa shape index (κ3) is 1.43. The van der Waals surface area contributed by atoms with Crippen LogP contribution in [-0.2, 0) is 0 Å². The van der Waals surface area contributed by atoms with Gasteiger partial charge in [0.1, 0.15) is 5.65 Å². The van der Waals surface area contributed by atoms with Crippen molar-refractivity contribution in [3.63, 3.8) is 0 Å². The predicted molar refractivity (Wildman–Crippen MR) is 59.7 cm³/mol. The van der Waals surface area contributed by atoms with Crippen LogP contribution >= 0.6 is 0 Å². The number of aromatic nitrogens is 2. The Bertz CT molecular complexity index is 474. The fraction of sp³-hybridized carbons (Fsp3) is 0.417. The van der Waals surface area contributed by atoms with Crippen molar-refractivity contribution in [3.8, 4) is 0 Å². The summed E-state index contributed by atoms with van der Waals surface area (Å²) in [6.07, 6.45) is 5.29. The van der Waals surface area contributed by atoms with Gasteiger partial charge in [-0.3, -0.25) is 0 Å². The number of fused-ring (bicyclic) bond motifs is 1. The van der Waals surface area contributed by atoms with Gasteiger partial charge in [0.05, 0.1) is 11.9 Å². The quantitative estimate of drug-likeness (QED) is 0.764. The molecule has 2 atom stereocenters. The van der Waals surface area contributed by atoms with E-state index in [1.165, 1.54) is 12.1 Å². The second-order valence-corrected chi connectivity index (χ2v) is 4.41. The molecule has 3 rings (SSSR count). The largest absolute Gasteiger partial charge is 0.308 e. The topological polar surface area (TPSA) is 29.3 Å². The van der Waals surface area contributed by atoms with E-state index >= 15 is 0 Å². The molecule has 1 saturated heterocycles. The lowest BCUT2D eigenvalue weighted by molar-refractivity contribution is 0.595. The average Bonchev–Trinajstić information content (AvgIpc) is 2.83. The van der Waals surface area contributed by atoms with Crippen molar-refractivity contribution >= 4 is 5.65 Å². The summed E-state index contributed by atoms with van der Waals surface area (Å²) < 4.78 is 2.18. The summed E-state index contributed by atoms with van der Waals surface area (Å²) in [5.41, 5.74) is 2.32. The fourth-order valence-electron chi connectivity index (χ4n) is 2.35. The van der Waals surface area contributed by atoms with Crippen LogP contribution in [0.1, 0.15) is 25.1 Å². The monoisotopic (exact) mass is 201 g/mol. The van der Waals surface area contributed by atoms with Crippen molar-refractivity contribution < 1.29 is 0 Å². The van der Waals surface area contributed by atoms with Crippen molar-refractivity contribution in [3.05, 3.63) is 36.3 Å². The van der Waals surface area contributed by atoms with Crippen molar-refractivity contribution in [2.75, 3.05) is 6.54 Å². The standard InChI is InChI=1S/C12H15N3/c1-9-6-10(13-7-9)11-8-14-12-4-2-3-5-15(11)12/h2-5,8-10,13H,6-7H2,1H3/t9-,10-/m1/s1. The number of hydrogen-bond donors (Lipinski definition) is 1. The van der Waals surface area contributed by atoms with Crippen LogP contribution in [0.2, 0.25) is 0 Å². The molecule has 0 radical (unpaired) electrons. The summed E-state index contributed by atoms with van der Waals surface area (Å²) in [6, 6.07) is 6.59. The van der Waals surface area contributed by atoms with Crippen LogP contribution in [0.25, 0.3) is 5.65 Å². The highest BCUT2D eigenvalue weighted by atomic mass is 15.1. The van der Waals surface area contributed by atoms with Crippen LogP contribution < -0.4 is 5.32 Å². The van der Waals surface area contributed by atoms with E-state index in [0.29, 0.717) is 6.04 Å². The van der Waals surface area contributed by atoms with Crippen molar-refractivity contribution in [2.24, 2.45) is 5.92 Å². The summed E-state index contributed by atoms with van der Waals surface area (Å²) in [6.45, 7) is 3.40. The molecule has 0 spiro atoms. The van der Waals surface area contributed by atoms with Crippen molar-refractivity contribution in [2.45, 2.75) is 19.4 Å². The Morgan fingerprint density at radius 3 is 3.20 bits per heavy atom. The molecule has 3 heteroatoms. The molecule has 1 aliphatic heterocycles. The lowest BCUT2D eigenvalue weighted by atomic mass is 10.1. The predicted octanol–water partition coefficient (Wildman–Crippen LogP) is 2.00.